The average molecular weight is 242 g/mol. The Balaban J connectivity index is 2.25. The zero-order valence-corrected chi connectivity index (χ0v) is 10.1. The minimum atomic E-state index is 0.338. The SMILES string of the molecule is CCOc1ccc(Nc2ccccc2)c(N=O)c1. The van der Waals surface area contributed by atoms with Crippen LogP contribution in [0, 0.1) is 4.91 Å². The highest BCUT2D eigenvalue weighted by Crippen LogP contribution is 2.31. The van der Waals surface area contributed by atoms with Gasteiger partial charge in [0.15, 0.2) is 0 Å². The van der Waals surface area contributed by atoms with Crippen molar-refractivity contribution in [1.29, 1.82) is 0 Å². The van der Waals surface area contributed by atoms with Crippen LogP contribution in [0.15, 0.2) is 53.7 Å². The summed E-state index contributed by atoms with van der Waals surface area (Å²) in [5.74, 6) is 0.644. The lowest BCUT2D eigenvalue weighted by molar-refractivity contribution is 0.340. The molecule has 2 rings (SSSR count). The first kappa shape index (κ1) is 12.1. The molecule has 0 aliphatic heterocycles. The van der Waals surface area contributed by atoms with Gasteiger partial charge < -0.3 is 10.1 Å². The van der Waals surface area contributed by atoms with Crippen LogP contribution in [0.2, 0.25) is 0 Å². The van der Waals surface area contributed by atoms with Crippen molar-refractivity contribution in [3.05, 3.63) is 53.4 Å². The van der Waals surface area contributed by atoms with Crippen LogP contribution < -0.4 is 10.1 Å². The van der Waals surface area contributed by atoms with E-state index >= 15 is 0 Å². The van der Waals surface area contributed by atoms with E-state index in [4.69, 9.17) is 4.74 Å². The lowest BCUT2D eigenvalue weighted by Gasteiger charge is -2.09. The highest BCUT2D eigenvalue weighted by Gasteiger charge is 2.05. The third-order valence-corrected chi connectivity index (χ3v) is 2.43. The van der Waals surface area contributed by atoms with E-state index in [1.807, 2.05) is 43.3 Å². The summed E-state index contributed by atoms with van der Waals surface area (Å²) >= 11 is 0. The lowest BCUT2D eigenvalue weighted by atomic mass is 10.2. The van der Waals surface area contributed by atoms with Crippen LogP contribution in [-0.4, -0.2) is 6.61 Å². The predicted molar refractivity (Wildman–Crippen MR) is 72.8 cm³/mol. The highest BCUT2D eigenvalue weighted by atomic mass is 16.5. The van der Waals surface area contributed by atoms with Gasteiger partial charge in [-0.1, -0.05) is 18.2 Å². The van der Waals surface area contributed by atoms with Crippen molar-refractivity contribution >= 4 is 17.1 Å². The van der Waals surface area contributed by atoms with E-state index in [1.165, 1.54) is 0 Å². The van der Waals surface area contributed by atoms with Gasteiger partial charge in [-0.3, -0.25) is 0 Å². The molecule has 0 atom stereocenters. The van der Waals surface area contributed by atoms with Gasteiger partial charge in [-0.15, -0.1) is 4.91 Å². The van der Waals surface area contributed by atoms with E-state index in [0.717, 1.165) is 5.69 Å². The number of benzene rings is 2. The van der Waals surface area contributed by atoms with Crippen LogP contribution in [0.5, 0.6) is 5.75 Å². The fourth-order valence-electron chi connectivity index (χ4n) is 1.63. The van der Waals surface area contributed by atoms with Gasteiger partial charge in [-0.2, -0.15) is 0 Å². The molecular formula is C14H14N2O2. The summed E-state index contributed by atoms with van der Waals surface area (Å²) in [5, 5.41) is 6.16. The number of nitrogens with one attached hydrogen (secondary N) is 1. The van der Waals surface area contributed by atoms with E-state index in [1.54, 1.807) is 12.1 Å². The van der Waals surface area contributed by atoms with Crippen molar-refractivity contribution in [2.24, 2.45) is 5.18 Å². The van der Waals surface area contributed by atoms with E-state index in [2.05, 4.69) is 10.5 Å². The second-order valence-electron chi connectivity index (χ2n) is 3.69. The molecule has 4 nitrogen and oxygen atoms in total. The third-order valence-electron chi connectivity index (χ3n) is 2.43. The second kappa shape index (κ2) is 5.82. The molecule has 1 N–H and O–H groups in total. The Labute approximate surface area is 106 Å². The summed E-state index contributed by atoms with van der Waals surface area (Å²) in [7, 11) is 0. The van der Waals surface area contributed by atoms with Crippen LogP contribution in [0.25, 0.3) is 0 Å². The number of hydrogen-bond acceptors (Lipinski definition) is 4. The molecule has 0 unspecified atom stereocenters. The monoisotopic (exact) mass is 242 g/mol. The maximum Gasteiger partial charge on any atom is 0.135 e. The molecule has 0 bridgehead atoms. The molecule has 4 heteroatoms. The Kier molecular flexibility index (Phi) is 3.91. The fraction of sp³-hybridized carbons (Fsp3) is 0.143. The van der Waals surface area contributed by atoms with E-state index in [9.17, 15) is 4.91 Å². The molecule has 0 radical (unpaired) electrons. The molecule has 0 saturated carbocycles. The Hall–Kier alpha value is -2.36. The minimum Gasteiger partial charge on any atom is -0.494 e. The van der Waals surface area contributed by atoms with Crippen molar-refractivity contribution in [2.75, 3.05) is 11.9 Å². The summed E-state index contributed by atoms with van der Waals surface area (Å²) in [4.78, 5) is 10.8. The summed E-state index contributed by atoms with van der Waals surface area (Å²) in [6.07, 6.45) is 0. The first-order chi connectivity index (χ1) is 8.83. The smallest absolute Gasteiger partial charge is 0.135 e. The maximum absolute atomic E-state index is 10.8. The number of nitrogens with zero attached hydrogens (tertiary/aromatic N) is 1. The normalized spacial score (nSPS) is 9.83. The molecule has 92 valence electrons. The summed E-state index contributed by atoms with van der Waals surface area (Å²) in [5.41, 5.74) is 1.91. The van der Waals surface area contributed by atoms with Gasteiger partial charge in [0.05, 0.1) is 12.3 Å². The maximum atomic E-state index is 10.8. The molecule has 0 aromatic heterocycles. The number of rotatable bonds is 5. The molecule has 0 fully saturated rings. The number of nitroso groups, excluding NO2 is 1. The zero-order chi connectivity index (χ0) is 12.8. The van der Waals surface area contributed by atoms with Gasteiger partial charge in [-0.25, -0.2) is 0 Å². The zero-order valence-electron chi connectivity index (χ0n) is 10.1. The number of para-hydroxylation sites is 1. The van der Waals surface area contributed by atoms with Crippen molar-refractivity contribution in [2.45, 2.75) is 6.92 Å². The Morgan fingerprint density at radius 3 is 2.61 bits per heavy atom. The minimum absolute atomic E-state index is 0.338. The topological polar surface area (TPSA) is 50.7 Å². The molecule has 0 aliphatic rings. The molecule has 0 heterocycles. The van der Waals surface area contributed by atoms with Crippen molar-refractivity contribution < 1.29 is 4.74 Å². The third kappa shape index (κ3) is 2.85. The van der Waals surface area contributed by atoms with E-state index in [0.29, 0.717) is 23.7 Å². The number of hydrogen-bond donors (Lipinski definition) is 1. The average Bonchev–Trinajstić information content (AvgIpc) is 2.42. The van der Waals surface area contributed by atoms with Gasteiger partial charge in [-0.05, 0) is 36.4 Å². The molecule has 2 aromatic carbocycles. The van der Waals surface area contributed by atoms with E-state index < -0.39 is 0 Å². The Bertz CT molecular complexity index is 527. The number of anilines is 2. The van der Waals surface area contributed by atoms with Crippen molar-refractivity contribution in [3.8, 4) is 5.75 Å². The first-order valence-electron chi connectivity index (χ1n) is 5.75. The van der Waals surface area contributed by atoms with Gasteiger partial charge >= 0.3 is 0 Å². The van der Waals surface area contributed by atoms with Crippen LogP contribution in [0.4, 0.5) is 17.1 Å². The molecule has 0 amide bonds. The van der Waals surface area contributed by atoms with E-state index in [-0.39, 0.29) is 0 Å². The largest absolute Gasteiger partial charge is 0.494 e. The lowest BCUT2D eigenvalue weighted by Crippen LogP contribution is -1.93. The quantitative estimate of drug-likeness (QED) is 0.798. The standard InChI is InChI=1S/C14H14N2O2/c1-2-18-12-8-9-13(14(10-12)16-17)15-11-6-4-3-5-7-11/h3-10,15H,2H2,1H3. The molecule has 0 saturated heterocycles. The molecular weight excluding hydrogens is 228 g/mol. The molecule has 18 heavy (non-hydrogen) atoms. The van der Waals surface area contributed by atoms with Gasteiger partial charge in [0.2, 0.25) is 0 Å². The van der Waals surface area contributed by atoms with Crippen LogP contribution in [0.3, 0.4) is 0 Å². The van der Waals surface area contributed by atoms with Crippen LogP contribution >= 0.6 is 0 Å². The van der Waals surface area contributed by atoms with Crippen LogP contribution in [0.1, 0.15) is 6.92 Å². The highest BCUT2D eigenvalue weighted by molar-refractivity contribution is 5.73. The summed E-state index contributed by atoms with van der Waals surface area (Å²) in [6, 6.07) is 14.8. The Morgan fingerprint density at radius 1 is 1.17 bits per heavy atom. The van der Waals surface area contributed by atoms with Gasteiger partial charge in [0.25, 0.3) is 0 Å². The predicted octanol–water partition coefficient (Wildman–Crippen LogP) is 4.23. The van der Waals surface area contributed by atoms with Gasteiger partial charge in [0.1, 0.15) is 11.4 Å². The summed E-state index contributed by atoms with van der Waals surface area (Å²) < 4.78 is 5.33. The second-order valence-corrected chi connectivity index (χ2v) is 3.69. The fourth-order valence-corrected chi connectivity index (χ4v) is 1.63. The van der Waals surface area contributed by atoms with Crippen LogP contribution in [-0.2, 0) is 0 Å². The number of ether oxygens (including phenoxy) is 1. The first-order valence-corrected chi connectivity index (χ1v) is 5.75. The summed E-state index contributed by atoms with van der Waals surface area (Å²) in [6.45, 7) is 2.45. The molecule has 2 aromatic rings. The van der Waals surface area contributed by atoms with Crippen molar-refractivity contribution in [1.82, 2.24) is 0 Å². The van der Waals surface area contributed by atoms with Gasteiger partial charge in [0, 0.05) is 11.8 Å². The molecule has 0 aliphatic carbocycles. The molecule has 0 spiro atoms. The van der Waals surface area contributed by atoms with Crippen molar-refractivity contribution in [3.63, 3.8) is 0 Å². The Morgan fingerprint density at radius 2 is 1.94 bits per heavy atom.